The fraction of sp³-hybridized carbons (Fsp3) is 1.00. The van der Waals surface area contributed by atoms with Crippen molar-refractivity contribution in [3.8, 4) is 0 Å². The van der Waals surface area contributed by atoms with Gasteiger partial charge in [-0.15, -0.1) is 0 Å². The number of hydrogen-bond donors (Lipinski definition) is 1. The maximum Gasteiger partial charge on any atom is 0.0547 e. The lowest BCUT2D eigenvalue weighted by Gasteiger charge is -2.42. The molecular weight excluding hydrogens is 244 g/mol. The topological polar surface area (TPSA) is 24.5 Å². The first-order chi connectivity index (χ1) is 8.67. The van der Waals surface area contributed by atoms with Gasteiger partial charge in [-0.1, -0.05) is 13.8 Å². The van der Waals surface area contributed by atoms with Crippen LogP contribution in [0.3, 0.4) is 0 Å². The lowest BCUT2D eigenvalue weighted by molar-refractivity contribution is 0.0908. The molecule has 2 aliphatic rings. The highest BCUT2D eigenvalue weighted by Gasteiger charge is 2.38. The first-order valence-electron chi connectivity index (χ1n) is 7.31. The third kappa shape index (κ3) is 3.41. The van der Waals surface area contributed by atoms with Gasteiger partial charge in [0.05, 0.1) is 6.61 Å². The molecule has 1 N–H and O–H groups in total. The van der Waals surface area contributed by atoms with E-state index in [9.17, 15) is 0 Å². The molecule has 3 atom stereocenters. The SMILES string of the molecule is CCNCC1(CN2CCSC(C)C2C)CCOC1. The highest BCUT2D eigenvalue weighted by molar-refractivity contribution is 8.00. The van der Waals surface area contributed by atoms with Crippen molar-refractivity contribution in [2.24, 2.45) is 5.41 Å². The predicted molar refractivity (Wildman–Crippen MR) is 79.4 cm³/mol. The number of hydrogen-bond acceptors (Lipinski definition) is 4. The van der Waals surface area contributed by atoms with Gasteiger partial charge >= 0.3 is 0 Å². The molecule has 18 heavy (non-hydrogen) atoms. The van der Waals surface area contributed by atoms with Gasteiger partial charge < -0.3 is 10.1 Å². The molecule has 0 saturated carbocycles. The third-order valence-electron chi connectivity index (χ3n) is 4.49. The Kier molecular flexibility index (Phi) is 5.36. The summed E-state index contributed by atoms with van der Waals surface area (Å²) in [6.45, 7) is 13.4. The molecule has 0 aromatic rings. The molecule has 3 nitrogen and oxygen atoms in total. The Bertz CT molecular complexity index is 256. The summed E-state index contributed by atoms with van der Waals surface area (Å²) in [6.07, 6.45) is 1.21. The molecule has 0 spiro atoms. The normalized spacial score (nSPS) is 38.2. The molecule has 4 heteroatoms. The summed E-state index contributed by atoms with van der Waals surface area (Å²) < 4.78 is 5.69. The van der Waals surface area contributed by atoms with Gasteiger partial charge in [-0.2, -0.15) is 11.8 Å². The Morgan fingerprint density at radius 1 is 1.44 bits per heavy atom. The number of rotatable bonds is 5. The number of nitrogens with one attached hydrogen (secondary N) is 1. The third-order valence-corrected chi connectivity index (χ3v) is 5.83. The molecule has 0 bridgehead atoms. The molecular formula is C14H28N2OS. The van der Waals surface area contributed by atoms with Crippen molar-refractivity contribution in [1.29, 1.82) is 0 Å². The molecule has 0 aromatic carbocycles. The van der Waals surface area contributed by atoms with E-state index in [1.54, 1.807) is 0 Å². The molecule has 0 radical (unpaired) electrons. The van der Waals surface area contributed by atoms with E-state index >= 15 is 0 Å². The molecule has 2 rings (SSSR count). The second-order valence-corrected chi connectivity index (χ2v) is 7.36. The van der Waals surface area contributed by atoms with Crippen molar-refractivity contribution < 1.29 is 4.74 Å². The van der Waals surface area contributed by atoms with Gasteiger partial charge in [-0.25, -0.2) is 0 Å². The van der Waals surface area contributed by atoms with E-state index in [4.69, 9.17) is 4.74 Å². The van der Waals surface area contributed by atoms with Crippen molar-refractivity contribution >= 4 is 11.8 Å². The van der Waals surface area contributed by atoms with Crippen molar-refractivity contribution in [2.45, 2.75) is 38.5 Å². The fourth-order valence-corrected chi connectivity index (χ4v) is 4.17. The molecule has 0 aliphatic carbocycles. The van der Waals surface area contributed by atoms with Crippen LogP contribution in [0, 0.1) is 5.41 Å². The summed E-state index contributed by atoms with van der Waals surface area (Å²) in [5.41, 5.74) is 0.353. The maximum atomic E-state index is 5.69. The Balaban J connectivity index is 1.95. The van der Waals surface area contributed by atoms with Crippen LogP contribution in [0.4, 0.5) is 0 Å². The summed E-state index contributed by atoms with van der Waals surface area (Å²) in [5, 5.41) is 4.30. The molecule has 106 valence electrons. The number of nitrogens with zero attached hydrogens (tertiary/aromatic N) is 1. The molecule has 0 amide bonds. The highest BCUT2D eigenvalue weighted by atomic mass is 32.2. The Morgan fingerprint density at radius 3 is 2.94 bits per heavy atom. The van der Waals surface area contributed by atoms with Crippen LogP contribution in [0.2, 0.25) is 0 Å². The average Bonchev–Trinajstić information content (AvgIpc) is 2.82. The van der Waals surface area contributed by atoms with E-state index in [0.717, 1.165) is 31.6 Å². The number of ether oxygens (including phenoxy) is 1. The molecule has 2 saturated heterocycles. The minimum Gasteiger partial charge on any atom is -0.381 e. The zero-order chi connectivity index (χ0) is 13.0. The molecule has 2 aliphatic heterocycles. The second-order valence-electron chi connectivity index (χ2n) is 5.87. The van der Waals surface area contributed by atoms with Crippen LogP contribution in [0.15, 0.2) is 0 Å². The van der Waals surface area contributed by atoms with E-state index < -0.39 is 0 Å². The first-order valence-corrected chi connectivity index (χ1v) is 8.36. The number of thioether (sulfide) groups is 1. The van der Waals surface area contributed by atoms with E-state index in [1.165, 1.54) is 25.3 Å². The van der Waals surface area contributed by atoms with Crippen LogP contribution < -0.4 is 5.32 Å². The summed E-state index contributed by atoms with van der Waals surface area (Å²) in [7, 11) is 0. The summed E-state index contributed by atoms with van der Waals surface area (Å²) in [4.78, 5) is 2.69. The minimum atomic E-state index is 0.353. The van der Waals surface area contributed by atoms with Crippen molar-refractivity contribution in [3.63, 3.8) is 0 Å². The summed E-state index contributed by atoms with van der Waals surface area (Å²) in [6, 6.07) is 0.697. The van der Waals surface area contributed by atoms with Gasteiger partial charge in [0.15, 0.2) is 0 Å². The van der Waals surface area contributed by atoms with E-state index in [1.807, 2.05) is 0 Å². The Hall–Kier alpha value is 0.230. The second kappa shape index (κ2) is 6.60. The van der Waals surface area contributed by atoms with Crippen molar-refractivity contribution in [3.05, 3.63) is 0 Å². The van der Waals surface area contributed by atoms with E-state index in [-0.39, 0.29) is 0 Å². The maximum absolute atomic E-state index is 5.69. The van der Waals surface area contributed by atoms with E-state index in [2.05, 4.69) is 42.7 Å². The molecule has 2 fully saturated rings. The van der Waals surface area contributed by atoms with Crippen LogP contribution in [0.5, 0.6) is 0 Å². The molecule has 0 aromatic heterocycles. The first kappa shape index (κ1) is 14.6. The zero-order valence-electron chi connectivity index (χ0n) is 12.1. The largest absolute Gasteiger partial charge is 0.381 e. The van der Waals surface area contributed by atoms with Gasteiger partial charge in [0.2, 0.25) is 0 Å². The Labute approximate surface area is 116 Å². The monoisotopic (exact) mass is 272 g/mol. The van der Waals surface area contributed by atoms with Crippen molar-refractivity contribution in [1.82, 2.24) is 10.2 Å². The van der Waals surface area contributed by atoms with Crippen LogP contribution in [-0.4, -0.2) is 61.3 Å². The highest BCUT2D eigenvalue weighted by Crippen LogP contribution is 2.33. The van der Waals surface area contributed by atoms with Gasteiger partial charge in [0, 0.05) is 48.7 Å². The van der Waals surface area contributed by atoms with Crippen LogP contribution in [-0.2, 0) is 4.74 Å². The van der Waals surface area contributed by atoms with Crippen LogP contribution >= 0.6 is 11.8 Å². The lowest BCUT2D eigenvalue weighted by Crippen LogP contribution is -2.52. The summed E-state index contributed by atoms with van der Waals surface area (Å²) in [5.74, 6) is 1.28. The zero-order valence-corrected chi connectivity index (χ0v) is 12.9. The average molecular weight is 272 g/mol. The molecule has 3 unspecified atom stereocenters. The Morgan fingerprint density at radius 2 is 2.28 bits per heavy atom. The minimum absolute atomic E-state index is 0.353. The molecule has 2 heterocycles. The standard InChI is InChI=1S/C14H28N2OS/c1-4-15-9-14(5-7-17-11-14)10-16-6-8-18-13(3)12(16)2/h12-13,15H,4-11H2,1-3H3. The van der Waals surface area contributed by atoms with Crippen LogP contribution in [0.25, 0.3) is 0 Å². The van der Waals surface area contributed by atoms with Crippen LogP contribution in [0.1, 0.15) is 27.2 Å². The quantitative estimate of drug-likeness (QED) is 0.825. The van der Waals surface area contributed by atoms with Gasteiger partial charge in [0.25, 0.3) is 0 Å². The van der Waals surface area contributed by atoms with Gasteiger partial charge in [0.1, 0.15) is 0 Å². The van der Waals surface area contributed by atoms with Crippen molar-refractivity contribution in [2.75, 3.05) is 45.1 Å². The van der Waals surface area contributed by atoms with E-state index in [0.29, 0.717) is 11.5 Å². The fourth-order valence-electron chi connectivity index (χ4n) is 3.01. The predicted octanol–water partition coefficient (Wildman–Crippen LogP) is 1.83. The lowest BCUT2D eigenvalue weighted by atomic mass is 9.86. The summed E-state index contributed by atoms with van der Waals surface area (Å²) >= 11 is 2.12. The van der Waals surface area contributed by atoms with Gasteiger partial charge in [-0.05, 0) is 19.9 Å². The van der Waals surface area contributed by atoms with Gasteiger partial charge in [-0.3, -0.25) is 4.90 Å². The smallest absolute Gasteiger partial charge is 0.0547 e.